The molecule has 0 bridgehead atoms. The van der Waals surface area contributed by atoms with Crippen molar-refractivity contribution in [2.75, 3.05) is 5.32 Å². The number of rotatable bonds is 3. The van der Waals surface area contributed by atoms with Crippen LogP contribution in [0, 0.1) is 29.1 Å². The van der Waals surface area contributed by atoms with E-state index in [1.54, 1.807) is 0 Å². The molecule has 1 nitrogen and oxygen atoms in total. The highest BCUT2D eigenvalue weighted by Crippen LogP contribution is 2.59. The van der Waals surface area contributed by atoms with Crippen LogP contribution < -0.4 is 5.32 Å². The molecule has 0 amide bonds. The molecule has 1 saturated carbocycles. The van der Waals surface area contributed by atoms with E-state index in [0.29, 0.717) is 22.8 Å². The molecule has 0 atom stereocenters. The summed E-state index contributed by atoms with van der Waals surface area (Å²) in [4.78, 5) is 0. The zero-order valence-corrected chi connectivity index (χ0v) is 13.7. The highest BCUT2D eigenvalue weighted by Gasteiger charge is 2.59. The van der Waals surface area contributed by atoms with Crippen molar-refractivity contribution in [3.8, 4) is 12.3 Å². The van der Waals surface area contributed by atoms with Gasteiger partial charge in [-0.05, 0) is 46.9 Å². The Morgan fingerprint density at radius 1 is 1.20 bits per heavy atom. The van der Waals surface area contributed by atoms with Crippen molar-refractivity contribution in [2.45, 2.75) is 54.0 Å². The Morgan fingerprint density at radius 2 is 1.80 bits per heavy atom. The molecular formula is C19H27N. The lowest BCUT2D eigenvalue weighted by Gasteiger charge is -2.64. The molecule has 1 aliphatic carbocycles. The second kappa shape index (κ2) is 4.85. The van der Waals surface area contributed by atoms with Crippen molar-refractivity contribution in [1.82, 2.24) is 0 Å². The summed E-state index contributed by atoms with van der Waals surface area (Å²) in [5.41, 5.74) is 4.10. The first-order chi connectivity index (χ1) is 9.25. The van der Waals surface area contributed by atoms with Crippen LogP contribution in [0.2, 0.25) is 0 Å². The Morgan fingerprint density at radius 3 is 2.30 bits per heavy atom. The van der Waals surface area contributed by atoms with Crippen LogP contribution in [0.1, 0.15) is 52.7 Å². The summed E-state index contributed by atoms with van der Waals surface area (Å²) >= 11 is 0. The maximum absolute atomic E-state index is 5.55. The quantitative estimate of drug-likeness (QED) is 0.783. The van der Waals surface area contributed by atoms with Gasteiger partial charge in [-0.3, -0.25) is 0 Å². The minimum absolute atomic E-state index is 0.320. The largest absolute Gasteiger partial charge is 0.381 e. The fourth-order valence-corrected chi connectivity index (χ4v) is 3.98. The number of hydrogen-bond donors (Lipinski definition) is 1. The first kappa shape index (κ1) is 15.0. The molecule has 0 unspecified atom stereocenters. The third-order valence-electron chi connectivity index (χ3n) is 5.67. The van der Waals surface area contributed by atoms with Crippen LogP contribution in [0.25, 0.3) is 0 Å². The Balaban J connectivity index is 2.25. The minimum atomic E-state index is 0.320. The molecule has 0 aromatic heterocycles. The molecule has 1 aliphatic rings. The van der Waals surface area contributed by atoms with E-state index in [1.165, 1.54) is 11.3 Å². The van der Waals surface area contributed by atoms with Gasteiger partial charge in [0.05, 0.1) is 0 Å². The summed E-state index contributed by atoms with van der Waals surface area (Å²) in [6.07, 6.45) is 6.52. The van der Waals surface area contributed by atoms with Crippen LogP contribution in [0.15, 0.2) is 18.2 Å². The van der Waals surface area contributed by atoms with Crippen molar-refractivity contribution in [3.05, 3.63) is 29.3 Å². The monoisotopic (exact) mass is 269 g/mol. The van der Waals surface area contributed by atoms with Gasteiger partial charge in [0.2, 0.25) is 0 Å². The first-order valence-electron chi connectivity index (χ1n) is 7.61. The molecule has 1 N–H and O–H groups in total. The number of terminal acetylenes is 1. The van der Waals surface area contributed by atoms with E-state index in [1.807, 2.05) is 0 Å². The fourth-order valence-electron chi connectivity index (χ4n) is 3.98. The molecule has 108 valence electrons. The highest BCUT2D eigenvalue weighted by atomic mass is 15.0. The van der Waals surface area contributed by atoms with Gasteiger partial charge >= 0.3 is 0 Å². The molecule has 1 aromatic carbocycles. The summed E-state index contributed by atoms with van der Waals surface area (Å²) in [5, 5.41) is 3.75. The second-order valence-electron chi connectivity index (χ2n) is 7.31. The van der Waals surface area contributed by atoms with Gasteiger partial charge in [-0.1, -0.05) is 47.5 Å². The van der Waals surface area contributed by atoms with Crippen molar-refractivity contribution in [3.63, 3.8) is 0 Å². The third kappa shape index (κ3) is 2.12. The number of hydrogen-bond acceptors (Lipinski definition) is 1. The lowest BCUT2D eigenvalue weighted by Crippen LogP contribution is -2.65. The van der Waals surface area contributed by atoms with Crippen molar-refractivity contribution >= 4 is 5.69 Å². The topological polar surface area (TPSA) is 12.0 Å². The van der Waals surface area contributed by atoms with Gasteiger partial charge in [0.15, 0.2) is 0 Å². The van der Waals surface area contributed by atoms with Crippen molar-refractivity contribution in [1.29, 1.82) is 0 Å². The van der Waals surface area contributed by atoms with Crippen molar-refractivity contribution < 1.29 is 0 Å². The number of nitrogens with one attached hydrogen (secondary N) is 1. The standard InChI is InChI=1S/C19H27N/c1-8-14-10-11-16(12-15(14)9-2)20-17-18(4,5)13(3)19(17,6)7/h1,10-13,17,20H,9H2,2-7H3. The highest BCUT2D eigenvalue weighted by molar-refractivity contribution is 5.54. The molecule has 1 fully saturated rings. The Labute approximate surface area is 124 Å². The molecule has 0 aliphatic heterocycles. The van der Waals surface area contributed by atoms with Gasteiger partial charge in [0.1, 0.15) is 0 Å². The van der Waals surface area contributed by atoms with E-state index in [9.17, 15) is 0 Å². The molecule has 2 rings (SSSR count). The Kier molecular flexibility index (Phi) is 3.63. The Hall–Kier alpha value is -1.42. The van der Waals surface area contributed by atoms with E-state index in [-0.39, 0.29) is 0 Å². The predicted molar refractivity (Wildman–Crippen MR) is 87.9 cm³/mol. The summed E-state index contributed by atoms with van der Waals surface area (Å²) in [7, 11) is 0. The zero-order chi connectivity index (χ0) is 15.1. The molecule has 1 heteroatoms. The van der Waals surface area contributed by atoms with Crippen LogP contribution in [0.3, 0.4) is 0 Å². The van der Waals surface area contributed by atoms with E-state index < -0.39 is 0 Å². The van der Waals surface area contributed by atoms with Crippen molar-refractivity contribution in [2.24, 2.45) is 16.7 Å². The van der Waals surface area contributed by atoms with Gasteiger partial charge in [0, 0.05) is 17.3 Å². The van der Waals surface area contributed by atoms with Crippen LogP contribution in [-0.2, 0) is 6.42 Å². The maximum Gasteiger partial charge on any atom is 0.0368 e. The number of aryl methyl sites for hydroxylation is 1. The lowest BCUT2D eigenvalue weighted by molar-refractivity contribution is -0.0859. The fraction of sp³-hybridized carbons (Fsp3) is 0.579. The van der Waals surface area contributed by atoms with Crippen LogP contribution >= 0.6 is 0 Å². The number of benzene rings is 1. The number of anilines is 1. The molecule has 0 heterocycles. The van der Waals surface area contributed by atoms with E-state index in [4.69, 9.17) is 6.42 Å². The average Bonchev–Trinajstić information content (AvgIpc) is 2.43. The van der Waals surface area contributed by atoms with E-state index in [2.05, 4.69) is 71.0 Å². The molecule has 20 heavy (non-hydrogen) atoms. The van der Waals surface area contributed by atoms with Gasteiger partial charge in [-0.25, -0.2) is 0 Å². The normalized spacial score (nSPS) is 26.4. The summed E-state index contributed by atoms with van der Waals surface area (Å²) in [6.45, 7) is 13.9. The molecule has 1 aromatic rings. The maximum atomic E-state index is 5.55. The van der Waals surface area contributed by atoms with Crippen LogP contribution in [0.4, 0.5) is 5.69 Å². The van der Waals surface area contributed by atoms with Gasteiger partial charge in [-0.2, -0.15) is 0 Å². The van der Waals surface area contributed by atoms with Crippen LogP contribution in [0.5, 0.6) is 0 Å². The first-order valence-corrected chi connectivity index (χ1v) is 7.61. The molecule has 0 saturated heterocycles. The molecule has 0 radical (unpaired) electrons. The van der Waals surface area contributed by atoms with Gasteiger partial charge in [-0.15, -0.1) is 6.42 Å². The van der Waals surface area contributed by atoms with Gasteiger partial charge in [0.25, 0.3) is 0 Å². The van der Waals surface area contributed by atoms with E-state index >= 15 is 0 Å². The van der Waals surface area contributed by atoms with E-state index in [0.717, 1.165) is 12.0 Å². The summed E-state index contributed by atoms with van der Waals surface area (Å²) < 4.78 is 0. The predicted octanol–water partition coefficient (Wildman–Crippen LogP) is 4.71. The smallest absolute Gasteiger partial charge is 0.0368 e. The zero-order valence-electron chi connectivity index (χ0n) is 13.7. The SMILES string of the molecule is C#Cc1ccc(NC2C(C)(C)C(C)C2(C)C)cc1CC. The lowest BCUT2D eigenvalue weighted by atomic mass is 9.45. The average molecular weight is 269 g/mol. The Bertz CT molecular complexity index is 529. The van der Waals surface area contributed by atoms with Gasteiger partial charge < -0.3 is 5.32 Å². The second-order valence-corrected chi connectivity index (χ2v) is 7.31. The summed E-state index contributed by atoms with van der Waals surface area (Å²) in [5.74, 6) is 3.48. The minimum Gasteiger partial charge on any atom is -0.381 e. The molecular weight excluding hydrogens is 242 g/mol. The molecule has 0 spiro atoms. The third-order valence-corrected chi connectivity index (χ3v) is 5.67. The summed E-state index contributed by atoms with van der Waals surface area (Å²) in [6, 6.07) is 6.88. The van der Waals surface area contributed by atoms with Crippen LogP contribution in [-0.4, -0.2) is 6.04 Å².